The fourth-order valence-corrected chi connectivity index (χ4v) is 1.27. The maximum atomic E-state index is 9.15. The first-order valence-corrected chi connectivity index (χ1v) is 6.65. The molecule has 0 atom stereocenters. The molecule has 6 nitrogen and oxygen atoms in total. The van der Waals surface area contributed by atoms with E-state index in [0.29, 0.717) is 0 Å². The van der Waals surface area contributed by atoms with Crippen molar-refractivity contribution >= 4 is 17.4 Å². The largest absolute Gasteiger partial charge is 1.00 e. The van der Waals surface area contributed by atoms with Crippen molar-refractivity contribution in [3.05, 3.63) is 30.6 Å². The molecule has 0 saturated carbocycles. The van der Waals surface area contributed by atoms with E-state index in [9.17, 15) is 0 Å². The monoisotopic (exact) mass is 348 g/mol. The molecule has 3 radical (unpaired) electrons. The molecule has 1 rings (SSSR count). The van der Waals surface area contributed by atoms with Gasteiger partial charge >= 0.3 is 25.4 Å². The first-order valence-electron chi connectivity index (χ1n) is 4.80. The second-order valence-electron chi connectivity index (χ2n) is 2.90. The minimum atomic E-state index is -2.68. The third kappa shape index (κ3) is 18.4. The van der Waals surface area contributed by atoms with Crippen LogP contribution >= 0.6 is 0 Å². The van der Waals surface area contributed by atoms with E-state index < -0.39 is 21.6 Å². The Balaban J connectivity index is -0.000000258. The highest BCUT2D eigenvalue weighted by Crippen LogP contribution is 1.85. The minimum Gasteiger partial charge on any atom is -1.00 e. The van der Waals surface area contributed by atoms with Gasteiger partial charge in [-0.2, -0.15) is 0 Å². The molecule has 0 fully saturated rings. The van der Waals surface area contributed by atoms with Crippen molar-refractivity contribution < 1.29 is 61.0 Å². The molecular weight excluding hydrogens is 335 g/mol. The third-order valence-corrected chi connectivity index (χ3v) is 2.40. The van der Waals surface area contributed by atoms with Crippen molar-refractivity contribution in [3.8, 4) is 0 Å². The van der Waals surface area contributed by atoms with Gasteiger partial charge in [-0.3, -0.25) is 0 Å². The maximum Gasteiger partial charge on any atom is 0.424 e. The van der Waals surface area contributed by atoms with Crippen LogP contribution in [0.3, 0.4) is 0 Å². The molecular formula is C9H14AlCl3NO5. The first-order chi connectivity index (χ1) is 8.06. The van der Waals surface area contributed by atoms with E-state index in [-0.39, 0.29) is 29.8 Å². The fraction of sp³-hybridized carbons (Fsp3) is 0.444. The van der Waals surface area contributed by atoms with Crippen LogP contribution in [0.25, 0.3) is 0 Å². The van der Waals surface area contributed by atoms with Gasteiger partial charge in [0.2, 0.25) is 0 Å². The van der Waals surface area contributed by atoms with Gasteiger partial charge in [0, 0.05) is 35.9 Å². The van der Waals surface area contributed by atoms with Gasteiger partial charge in [0.15, 0.2) is 12.4 Å². The van der Waals surface area contributed by atoms with Gasteiger partial charge in [-0.05, 0) is 0 Å². The van der Waals surface area contributed by atoms with Crippen molar-refractivity contribution in [1.82, 2.24) is 0 Å². The van der Waals surface area contributed by atoms with Crippen LogP contribution in [0.4, 0.5) is 0 Å². The first kappa shape index (κ1) is 24.4. The smallest absolute Gasteiger partial charge is 0.424 e. The van der Waals surface area contributed by atoms with Gasteiger partial charge in [-0.15, -0.1) is 0 Å². The van der Waals surface area contributed by atoms with Crippen LogP contribution < -0.4 is 35.6 Å². The van der Waals surface area contributed by atoms with Crippen LogP contribution in [0.5, 0.6) is 0 Å². The molecule has 0 unspecified atom stereocenters. The molecule has 0 aromatic carbocycles. The standard InChI is InChI=1S/C9H14N.Al.Cl2O5.ClH/c1-2-3-7-10-8-5-4-6-9-10;;3-1(4)7-2(5)6;/h4-6,8-9H,2-3,7H2,1H3;;;1H/q+1;;;/p-1. The molecule has 1 aromatic heterocycles. The average molecular weight is 350 g/mol. The Labute approximate surface area is 135 Å². The van der Waals surface area contributed by atoms with Crippen molar-refractivity contribution in [3.63, 3.8) is 0 Å². The van der Waals surface area contributed by atoms with Gasteiger partial charge in [0.05, 0.1) is 0 Å². The van der Waals surface area contributed by atoms with E-state index in [1.807, 2.05) is 6.07 Å². The Kier molecular flexibility index (Phi) is 21.0. The fourth-order valence-electron chi connectivity index (χ4n) is 0.963. The van der Waals surface area contributed by atoms with Crippen LogP contribution in [0.1, 0.15) is 19.8 Å². The van der Waals surface area contributed by atoms with Crippen molar-refractivity contribution in [2.45, 2.75) is 26.3 Å². The summed E-state index contributed by atoms with van der Waals surface area (Å²) in [4.78, 5) is 0. The van der Waals surface area contributed by atoms with Gasteiger partial charge in [0.1, 0.15) is 6.54 Å². The highest BCUT2D eigenvalue weighted by atomic mass is 35.7. The molecule has 0 saturated heterocycles. The normalized spacial score (nSPS) is 9.21. The summed E-state index contributed by atoms with van der Waals surface area (Å²) in [7, 11) is -5.36. The quantitative estimate of drug-likeness (QED) is 0.388. The van der Waals surface area contributed by atoms with Gasteiger partial charge in [-0.1, -0.05) is 19.4 Å². The van der Waals surface area contributed by atoms with Crippen LogP contribution in [-0.2, 0) is 10.4 Å². The van der Waals surface area contributed by atoms with Crippen LogP contribution in [0.2, 0.25) is 0 Å². The van der Waals surface area contributed by atoms with Gasteiger partial charge < -0.3 is 31.0 Å². The summed E-state index contributed by atoms with van der Waals surface area (Å²) in [5, 5.41) is 0. The summed E-state index contributed by atoms with van der Waals surface area (Å²) in [6, 6.07) is 6.17. The van der Waals surface area contributed by atoms with Crippen LogP contribution in [0, 0.1) is 21.6 Å². The lowest BCUT2D eigenvalue weighted by Crippen LogP contribution is -3.00. The summed E-state index contributed by atoms with van der Waals surface area (Å²) in [5.74, 6) is 0. The zero-order valence-electron chi connectivity index (χ0n) is 10.2. The van der Waals surface area contributed by atoms with E-state index in [4.69, 9.17) is 18.6 Å². The molecule has 10 heteroatoms. The SMILES string of the molecule is CCCC[n+]1ccccc1.[Al].[Cl-].[O-][Cl+2]([O-])O[Cl+2]([O-])[O-]. The van der Waals surface area contributed by atoms with Crippen LogP contribution in [-0.4, -0.2) is 17.4 Å². The minimum absolute atomic E-state index is 0. The number of halogens is 3. The number of pyridine rings is 1. The average Bonchev–Trinajstić information content (AvgIpc) is 2.27. The highest BCUT2D eigenvalue weighted by molar-refractivity contribution is 5.75. The summed E-state index contributed by atoms with van der Waals surface area (Å²) in [5.41, 5.74) is 0. The molecule has 19 heavy (non-hydrogen) atoms. The number of rotatable bonds is 5. The molecule has 109 valence electrons. The Bertz CT molecular complexity index is 276. The lowest BCUT2D eigenvalue weighted by atomic mass is 10.3. The molecule has 0 spiro atoms. The third-order valence-electron chi connectivity index (χ3n) is 1.64. The van der Waals surface area contributed by atoms with E-state index >= 15 is 0 Å². The number of hydrogen-bond donors (Lipinski definition) is 0. The lowest BCUT2D eigenvalue weighted by Gasteiger charge is -1.91. The van der Waals surface area contributed by atoms with E-state index in [0.717, 1.165) is 6.54 Å². The second-order valence-corrected chi connectivity index (χ2v) is 4.13. The Hall–Kier alpha value is 0.352. The predicted octanol–water partition coefficient (Wildman–Crippen LogP) is -6.43. The van der Waals surface area contributed by atoms with E-state index in [1.54, 1.807) is 0 Å². The maximum absolute atomic E-state index is 9.15. The zero-order valence-corrected chi connectivity index (χ0v) is 13.6. The van der Waals surface area contributed by atoms with E-state index in [2.05, 4.69) is 39.9 Å². The predicted molar refractivity (Wildman–Crippen MR) is 48.4 cm³/mol. The van der Waals surface area contributed by atoms with Crippen LogP contribution in [0.15, 0.2) is 30.6 Å². The summed E-state index contributed by atoms with van der Waals surface area (Å²) in [6.45, 7) is 3.36. The number of unbranched alkanes of at least 4 members (excludes halogenated alkanes) is 1. The molecule has 0 N–H and O–H groups in total. The number of aryl methyl sites for hydroxylation is 1. The molecule has 0 aliphatic rings. The van der Waals surface area contributed by atoms with Crippen molar-refractivity contribution in [2.75, 3.05) is 0 Å². The Morgan fingerprint density at radius 3 is 1.79 bits per heavy atom. The Morgan fingerprint density at radius 2 is 1.47 bits per heavy atom. The number of aromatic nitrogens is 1. The lowest BCUT2D eigenvalue weighted by molar-refractivity contribution is -1.80. The van der Waals surface area contributed by atoms with Gasteiger partial charge in [-0.25, -0.2) is 4.57 Å². The second kappa shape index (κ2) is 16.4. The number of hydrogen-bond acceptors (Lipinski definition) is 5. The molecule has 0 aliphatic carbocycles. The summed E-state index contributed by atoms with van der Waals surface area (Å²) < 4.78 is 41.8. The Morgan fingerprint density at radius 1 is 1.00 bits per heavy atom. The van der Waals surface area contributed by atoms with Gasteiger partial charge in [0.25, 0.3) is 0 Å². The summed E-state index contributed by atoms with van der Waals surface area (Å²) >= 11 is 0. The molecule has 1 aromatic rings. The van der Waals surface area contributed by atoms with E-state index in [1.165, 1.54) is 12.8 Å². The van der Waals surface area contributed by atoms with Crippen molar-refractivity contribution in [1.29, 1.82) is 0 Å². The molecule has 0 aliphatic heterocycles. The topological polar surface area (TPSA) is 105 Å². The highest BCUT2D eigenvalue weighted by Gasteiger charge is 2.27. The molecule has 0 bridgehead atoms. The van der Waals surface area contributed by atoms with Crippen molar-refractivity contribution in [2.24, 2.45) is 0 Å². The summed E-state index contributed by atoms with van der Waals surface area (Å²) in [6.07, 6.45) is 6.75. The number of nitrogens with zero attached hydrogens (tertiary/aromatic N) is 1. The zero-order chi connectivity index (χ0) is 13.1. The molecule has 0 amide bonds. The molecule has 1 heterocycles.